The number of nitrogens with one attached hydrogen (secondary N) is 1. The Hall–Kier alpha value is -2.50. The first-order valence-corrected chi connectivity index (χ1v) is 9.08. The van der Waals surface area contributed by atoms with Crippen LogP contribution in [-0.4, -0.2) is 25.1 Å². The van der Waals surface area contributed by atoms with Gasteiger partial charge >= 0.3 is 5.97 Å². The van der Waals surface area contributed by atoms with Crippen molar-refractivity contribution < 1.29 is 19.1 Å². The molecule has 2 aromatic rings. The Bertz CT molecular complexity index is 865. The van der Waals surface area contributed by atoms with Gasteiger partial charge in [0.1, 0.15) is 5.75 Å². The van der Waals surface area contributed by atoms with E-state index < -0.39 is 5.97 Å². The summed E-state index contributed by atoms with van der Waals surface area (Å²) in [4.78, 5) is 24.1. The zero-order valence-corrected chi connectivity index (χ0v) is 16.4. The SMILES string of the molecule is CCOC(=O)c1ccc(NC(=O)/C=C/c2ccc(Cl)cc2Cl)c(OCC)c1. The molecule has 5 nitrogen and oxygen atoms in total. The number of rotatable bonds is 7. The van der Waals surface area contributed by atoms with E-state index in [4.69, 9.17) is 32.7 Å². The summed E-state index contributed by atoms with van der Waals surface area (Å²) in [6.07, 6.45) is 2.94. The summed E-state index contributed by atoms with van der Waals surface area (Å²) < 4.78 is 10.5. The molecule has 0 saturated heterocycles. The summed E-state index contributed by atoms with van der Waals surface area (Å²) in [5, 5.41) is 3.69. The minimum absolute atomic E-state index is 0.277. The average Bonchev–Trinajstić information content (AvgIpc) is 2.63. The lowest BCUT2D eigenvalue weighted by molar-refractivity contribution is -0.111. The lowest BCUT2D eigenvalue weighted by Gasteiger charge is -2.12. The Kier molecular flexibility index (Phi) is 7.70. The standard InChI is InChI=1S/C20H19Cl2NO4/c1-3-26-18-11-14(20(25)27-4-2)6-9-17(18)23-19(24)10-7-13-5-8-15(21)12-16(13)22/h5-12H,3-4H2,1-2H3,(H,23,24)/b10-7+. The molecule has 0 unspecified atom stereocenters. The third-order valence-corrected chi connectivity index (χ3v) is 3.99. The van der Waals surface area contributed by atoms with E-state index in [1.807, 2.05) is 6.92 Å². The fourth-order valence-corrected chi connectivity index (χ4v) is 2.69. The molecule has 0 aliphatic carbocycles. The summed E-state index contributed by atoms with van der Waals surface area (Å²) >= 11 is 11.9. The molecule has 2 aromatic carbocycles. The zero-order valence-electron chi connectivity index (χ0n) is 14.9. The number of carbonyl (C=O) groups excluding carboxylic acids is 2. The Labute approximate surface area is 167 Å². The van der Waals surface area contributed by atoms with Gasteiger partial charge in [0.15, 0.2) is 0 Å². The van der Waals surface area contributed by atoms with Gasteiger partial charge < -0.3 is 14.8 Å². The highest BCUT2D eigenvalue weighted by Gasteiger charge is 2.12. The van der Waals surface area contributed by atoms with Crippen molar-refractivity contribution in [1.82, 2.24) is 0 Å². The van der Waals surface area contributed by atoms with Crippen LogP contribution in [0.15, 0.2) is 42.5 Å². The topological polar surface area (TPSA) is 64.6 Å². The van der Waals surface area contributed by atoms with Crippen molar-refractivity contribution in [2.24, 2.45) is 0 Å². The molecule has 0 atom stereocenters. The van der Waals surface area contributed by atoms with Crippen molar-refractivity contribution in [3.8, 4) is 5.75 Å². The number of amides is 1. The van der Waals surface area contributed by atoms with E-state index in [2.05, 4.69) is 5.32 Å². The fourth-order valence-electron chi connectivity index (χ4n) is 2.22. The van der Waals surface area contributed by atoms with E-state index in [0.29, 0.717) is 39.2 Å². The smallest absolute Gasteiger partial charge is 0.338 e. The molecule has 7 heteroatoms. The van der Waals surface area contributed by atoms with E-state index in [1.165, 1.54) is 12.1 Å². The van der Waals surface area contributed by atoms with Crippen molar-refractivity contribution >= 4 is 46.8 Å². The summed E-state index contributed by atoms with van der Waals surface area (Å²) in [6, 6.07) is 9.70. The van der Waals surface area contributed by atoms with Crippen molar-refractivity contribution in [2.75, 3.05) is 18.5 Å². The minimum atomic E-state index is -0.450. The van der Waals surface area contributed by atoms with Gasteiger partial charge in [-0.3, -0.25) is 4.79 Å². The van der Waals surface area contributed by atoms with Crippen LogP contribution < -0.4 is 10.1 Å². The van der Waals surface area contributed by atoms with E-state index in [1.54, 1.807) is 43.3 Å². The van der Waals surface area contributed by atoms with Gasteiger partial charge in [0, 0.05) is 16.1 Å². The van der Waals surface area contributed by atoms with E-state index in [0.717, 1.165) is 0 Å². The maximum absolute atomic E-state index is 12.2. The van der Waals surface area contributed by atoms with Gasteiger partial charge in [0.2, 0.25) is 5.91 Å². The molecule has 0 bridgehead atoms. The molecule has 0 fully saturated rings. The molecule has 0 spiro atoms. The molecule has 27 heavy (non-hydrogen) atoms. The largest absolute Gasteiger partial charge is 0.492 e. The Morgan fingerprint density at radius 3 is 2.52 bits per heavy atom. The molecule has 0 aliphatic heterocycles. The van der Waals surface area contributed by atoms with Crippen molar-refractivity contribution in [2.45, 2.75) is 13.8 Å². The summed E-state index contributed by atoms with van der Waals surface area (Å²) in [5.41, 5.74) is 1.46. The van der Waals surface area contributed by atoms with Crippen LogP contribution in [0.1, 0.15) is 29.8 Å². The highest BCUT2D eigenvalue weighted by Crippen LogP contribution is 2.27. The lowest BCUT2D eigenvalue weighted by Crippen LogP contribution is -2.11. The molecule has 0 radical (unpaired) electrons. The predicted octanol–water partition coefficient (Wildman–Crippen LogP) is 5.22. The van der Waals surface area contributed by atoms with Gasteiger partial charge in [0.05, 0.1) is 24.5 Å². The van der Waals surface area contributed by atoms with Crippen molar-refractivity contribution in [3.63, 3.8) is 0 Å². The third kappa shape index (κ3) is 6.01. The van der Waals surface area contributed by atoms with Crippen molar-refractivity contribution in [3.05, 3.63) is 63.6 Å². The van der Waals surface area contributed by atoms with E-state index in [-0.39, 0.29) is 12.5 Å². The molecule has 0 saturated carbocycles. The van der Waals surface area contributed by atoms with Crippen LogP contribution in [0.4, 0.5) is 5.69 Å². The van der Waals surface area contributed by atoms with Crippen LogP contribution in [0.3, 0.4) is 0 Å². The highest BCUT2D eigenvalue weighted by atomic mass is 35.5. The average molecular weight is 408 g/mol. The van der Waals surface area contributed by atoms with Crippen LogP contribution in [-0.2, 0) is 9.53 Å². The summed E-state index contributed by atoms with van der Waals surface area (Å²) in [6.45, 7) is 4.20. The number of hydrogen-bond donors (Lipinski definition) is 1. The number of ether oxygens (including phenoxy) is 2. The molecule has 0 heterocycles. The van der Waals surface area contributed by atoms with E-state index in [9.17, 15) is 9.59 Å². The Balaban J connectivity index is 2.16. The maximum atomic E-state index is 12.2. The van der Waals surface area contributed by atoms with Crippen LogP contribution >= 0.6 is 23.2 Å². The quantitative estimate of drug-likeness (QED) is 0.504. The van der Waals surface area contributed by atoms with Gasteiger partial charge in [-0.05, 0) is 55.8 Å². The van der Waals surface area contributed by atoms with Crippen LogP contribution in [0.25, 0.3) is 6.08 Å². The molecule has 0 aromatic heterocycles. The fraction of sp³-hybridized carbons (Fsp3) is 0.200. The van der Waals surface area contributed by atoms with Gasteiger partial charge in [-0.25, -0.2) is 4.79 Å². The highest BCUT2D eigenvalue weighted by molar-refractivity contribution is 6.35. The molecule has 0 aliphatic rings. The Morgan fingerprint density at radius 1 is 1.07 bits per heavy atom. The molecule has 142 valence electrons. The van der Waals surface area contributed by atoms with Crippen LogP contribution in [0, 0.1) is 0 Å². The van der Waals surface area contributed by atoms with E-state index >= 15 is 0 Å². The number of hydrogen-bond acceptors (Lipinski definition) is 4. The monoisotopic (exact) mass is 407 g/mol. The number of esters is 1. The normalized spacial score (nSPS) is 10.7. The number of anilines is 1. The van der Waals surface area contributed by atoms with Gasteiger partial charge in [-0.2, -0.15) is 0 Å². The van der Waals surface area contributed by atoms with Crippen LogP contribution in [0.5, 0.6) is 5.75 Å². The number of carbonyl (C=O) groups is 2. The third-order valence-electron chi connectivity index (χ3n) is 3.43. The van der Waals surface area contributed by atoms with Gasteiger partial charge in [0.25, 0.3) is 0 Å². The number of benzene rings is 2. The maximum Gasteiger partial charge on any atom is 0.338 e. The zero-order chi connectivity index (χ0) is 19.8. The van der Waals surface area contributed by atoms with Gasteiger partial charge in [-0.15, -0.1) is 0 Å². The first-order chi connectivity index (χ1) is 12.9. The van der Waals surface area contributed by atoms with Crippen LogP contribution in [0.2, 0.25) is 10.0 Å². The summed E-state index contributed by atoms with van der Waals surface area (Å²) in [7, 11) is 0. The second kappa shape index (κ2) is 10.00. The molecular formula is C20H19Cl2NO4. The lowest BCUT2D eigenvalue weighted by atomic mass is 10.2. The first kappa shape index (κ1) is 20.8. The second-order valence-electron chi connectivity index (χ2n) is 5.35. The molecule has 1 N–H and O–H groups in total. The number of halogens is 2. The van der Waals surface area contributed by atoms with Crippen molar-refractivity contribution in [1.29, 1.82) is 0 Å². The second-order valence-corrected chi connectivity index (χ2v) is 6.20. The molecule has 2 rings (SSSR count). The predicted molar refractivity (Wildman–Crippen MR) is 108 cm³/mol. The Morgan fingerprint density at radius 2 is 1.85 bits per heavy atom. The molecular weight excluding hydrogens is 389 g/mol. The minimum Gasteiger partial charge on any atom is -0.492 e. The van der Waals surface area contributed by atoms with Gasteiger partial charge in [-0.1, -0.05) is 29.3 Å². The first-order valence-electron chi connectivity index (χ1n) is 8.32. The summed E-state index contributed by atoms with van der Waals surface area (Å²) in [5.74, 6) is -0.436. The molecule has 1 amide bonds.